The molecule has 1 saturated heterocycles. The van der Waals surface area contributed by atoms with Gasteiger partial charge >= 0.3 is 6.09 Å². The van der Waals surface area contributed by atoms with Crippen molar-refractivity contribution in [3.8, 4) is 11.4 Å². The number of carbonyl (C=O) groups is 1. The van der Waals surface area contributed by atoms with E-state index in [9.17, 15) is 9.59 Å². The number of nitrogens with one attached hydrogen (secondary N) is 1. The first-order valence-electron chi connectivity index (χ1n) is 13.5. The van der Waals surface area contributed by atoms with E-state index in [0.717, 1.165) is 30.5 Å². The van der Waals surface area contributed by atoms with Crippen molar-refractivity contribution in [2.24, 2.45) is 0 Å². The highest BCUT2D eigenvalue weighted by Crippen LogP contribution is 2.43. The Morgan fingerprint density at radius 2 is 1.65 bits per heavy atom. The minimum absolute atomic E-state index is 0.0427. The van der Waals surface area contributed by atoms with Gasteiger partial charge in [0.05, 0.1) is 11.4 Å². The standard InChI is InChI=1S/C23H23N3O2.C9H8N2O/c27-22(28-17-18-6-2-1-3-7-18)25-14-10-23(11-15-25)16-19-20(8-4-12-24-19)26-13-5-9-21(23)26;12-9-8(4-3-5-10-9)11-6-1-2-7-11/h1-9,12-13H,10-11,14-17H2;1-7H,(H,10,12). The van der Waals surface area contributed by atoms with Crippen LogP contribution >= 0.6 is 0 Å². The Morgan fingerprint density at radius 1 is 0.875 bits per heavy atom. The van der Waals surface area contributed by atoms with E-state index in [1.54, 1.807) is 22.9 Å². The Labute approximate surface area is 232 Å². The number of fused-ring (bicyclic) bond motifs is 4. The minimum Gasteiger partial charge on any atom is -0.445 e. The van der Waals surface area contributed by atoms with Crippen LogP contribution in [0.4, 0.5) is 4.79 Å². The molecule has 0 atom stereocenters. The Hall–Kier alpha value is -4.85. The molecule has 202 valence electrons. The molecule has 6 heterocycles. The van der Waals surface area contributed by atoms with Crippen LogP contribution < -0.4 is 5.56 Å². The lowest BCUT2D eigenvalue weighted by Crippen LogP contribution is -2.48. The van der Waals surface area contributed by atoms with Crippen molar-refractivity contribution in [3.63, 3.8) is 0 Å². The van der Waals surface area contributed by atoms with Crippen molar-refractivity contribution in [1.82, 2.24) is 24.0 Å². The minimum atomic E-state index is -0.219. The summed E-state index contributed by atoms with van der Waals surface area (Å²) in [6.45, 7) is 1.74. The van der Waals surface area contributed by atoms with E-state index in [0.29, 0.717) is 25.4 Å². The van der Waals surface area contributed by atoms with E-state index in [1.165, 1.54) is 11.4 Å². The Kier molecular flexibility index (Phi) is 7.06. The average molecular weight is 534 g/mol. The van der Waals surface area contributed by atoms with E-state index < -0.39 is 0 Å². The number of rotatable bonds is 3. The van der Waals surface area contributed by atoms with Gasteiger partial charge in [0.2, 0.25) is 0 Å². The summed E-state index contributed by atoms with van der Waals surface area (Å²) in [7, 11) is 0. The molecule has 40 heavy (non-hydrogen) atoms. The van der Waals surface area contributed by atoms with E-state index in [1.807, 2.05) is 72.0 Å². The Balaban J connectivity index is 0.000000201. The molecule has 1 aromatic carbocycles. The topological polar surface area (TPSA) is 85.2 Å². The van der Waals surface area contributed by atoms with Crippen LogP contribution in [-0.4, -0.2) is 43.2 Å². The van der Waals surface area contributed by atoms with Crippen molar-refractivity contribution in [2.75, 3.05) is 13.1 Å². The third-order valence-electron chi connectivity index (χ3n) is 7.79. The maximum atomic E-state index is 12.5. The van der Waals surface area contributed by atoms with Gasteiger partial charge in [-0.3, -0.25) is 9.78 Å². The van der Waals surface area contributed by atoms with Gasteiger partial charge in [0.15, 0.2) is 0 Å². The summed E-state index contributed by atoms with van der Waals surface area (Å²) in [5.74, 6) is 0. The van der Waals surface area contributed by atoms with Gasteiger partial charge in [0.25, 0.3) is 5.56 Å². The highest BCUT2D eigenvalue weighted by molar-refractivity contribution is 5.68. The van der Waals surface area contributed by atoms with Crippen molar-refractivity contribution in [1.29, 1.82) is 0 Å². The lowest BCUT2D eigenvalue weighted by atomic mass is 9.70. The number of benzene rings is 1. The van der Waals surface area contributed by atoms with Gasteiger partial charge in [-0.15, -0.1) is 0 Å². The van der Waals surface area contributed by atoms with Gasteiger partial charge in [-0.25, -0.2) is 4.79 Å². The van der Waals surface area contributed by atoms with Crippen LogP contribution in [-0.2, 0) is 23.2 Å². The number of amides is 1. The second-order valence-corrected chi connectivity index (χ2v) is 10.2. The summed E-state index contributed by atoms with van der Waals surface area (Å²) in [6.07, 6.45) is 11.9. The monoisotopic (exact) mass is 533 g/mol. The molecule has 0 radical (unpaired) electrons. The van der Waals surface area contributed by atoms with Crippen molar-refractivity contribution < 1.29 is 9.53 Å². The summed E-state index contributed by atoms with van der Waals surface area (Å²) in [5, 5.41) is 0. The molecule has 1 fully saturated rings. The first-order valence-corrected chi connectivity index (χ1v) is 13.5. The molecule has 0 aliphatic carbocycles. The first kappa shape index (κ1) is 25.4. The number of likely N-dealkylation sites (tertiary alicyclic amines) is 1. The molecular formula is C32H31N5O3. The van der Waals surface area contributed by atoms with Crippen LogP contribution in [0, 0.1) is 0 Å². The number of hydrogen-bond donors (Lipinski definition) is 1. The molecule has 4 aromatic heterocycles. The number of hydrogen-bond acceptors (Lipinski definition) is 4. The number of nitrogens with zero attached hydrogens (tertiary/aromatic N) is 4. The quantitative estimate of drug-likeness (QED) is 0.343. The molecule has 0 bridgehead atoms. The van der Waals surface area contributed by atoms with Crippen LogP contribution in [0.1, 0.15) is 29.8 Å². The van der Waals surface area contributed by atoms with Crippen LogP contribution in [0.5, 0.6) is 0 Å². The SMILES string of the molecule is O=C(OCc1ccccc1)N1CCC2(CC1)Cc1ncccc1-n1cccc12.O=c1[nH]cccc1-n1cccc1. The number of aromatic amines is 1. The Morgan fingerprint density at radius 3 is 2.42 bits per heavy atom. The third-order valence-corrected chi connectivity index (χ3v) is 7.79. The summed E-state index contributed by atoms with van der Waals surface area (Å²) in [6, 6.07) is 25.6. The van der Waals surface area contributed by atoms with Crippen molar-refractivity contribution in [2.45, 2.75) is 31.3 Å². The predicted molar refractivity (Wildman–Crippen MR) is 153 cm³/mol. The summed E-state index contributed by atoms with van der Waals surface area (Å²) in [4.78, 5) is 32.9. The smallest absolute Gasteiger partial charge is 0.410 e. The molecule has 7 rings (SSSR count). The predicted octanol–water partition coefficient (Wildman–Crippen LogP) is 5.26. The Bertz CT molecular complexity index is 1630. The number of pyridine rings is 2. The second kappa shape index (κ2) is 11.1. The number of ether oxygens (including phenoxy) is 1. The fourth-order valence-electron chi connectivity index (χ4n) is 5.69. The zero-order valence-electron chi connectivity index (χ0n) is 22.1. The van der Waals surface area contributed by atoms with Gasteiger partial charge in [-0.2, -0.15) is 0 Å². The zero-order chi connectivity index (χ0) is 27.4. The number of aromatic nitrogens is 4. The average Bonchev–Trinajstić information content (AvgIpc) is 3.72. The third kappa shape index (κ3) is 5.08. The highest BCUT2D eigenvalue weighted by atomic mass is 16.6. The molecule has 0 unspecified atom stereocenters. The van der Waals surface area contributed by atoms with Gasteiger partial charge in [0, 0.05) is 61.6 Å². The maximum Gasteiger partial charge on any atom is 0.410 e. The van der Waals surface area contributed by atoms with Crippen molar-refractivity contribution >= 4 is 6.09 Å². The van der Waals surface area contributed by atoms with Gasteiger partial charge < -0.3 is 23.8 Å². The van der Waals surface area contributed by atoms with Crippen LogP contribution in [0.25, 0.3) is 11.4 Å². The largest absolute Gasteiger partial charge is 0.445 e. The number of carbonyl (C=O) groups excluding carboxylic acids is 1. The lowest BCUT2D eigenvalue weighted by Gasteiger charge is -2.44. The molecule has 8 nitrogen and oxygen atoms in total. The molecule has 8 heteroatoms. The number of H-pyrrole nitrogens is 1. The van der Waals surface area contributed by atoms with E-state index in [2.05, 4.69) is 38.9 Å². The fraction of sp³-hybridized carbons (Fsp3) is 0.219. The molecule has 2 aliphatic rings. The van der Waals surface area contributed by atoms with Gasteiger partial charge in [-0.1, -0.05) is 30.3 Å². The fourth-order valence-corrected chi connectivity index (χ4v) is 5.69. The van der Waals surface area contributed by atoms with Crippen LogP contribution in [0.3, 0.4) is 0 Å². The zero-order valence-corrected chi connectivity index (χ0v) is 22.1. The molecule has 1 N–H and O–H groups in total. The summed E-state index contributed by atoms with van der Waals surface area (Å²) in [5.41, 5.74) is 5.28. The van der Waals surface area contributed by atoms with Gasteiger partial charge in [-0.05, 0) is 66.9 Å². The normalized spacial score (nSPS) is 14.9. The second-order valence-electron chi connectivity index (χ2n) is 10.2. The first-order chi connectivity index (χ1) is 19.6. The molecule has 0 saturated carbocycles. The van der Waals surface area contributed by atoms with Crippen LogP contribution in [0.15, 0.2) is 115 Å². The number of piperidine rings is 1. The molecule has 5 aromatic rings. The maximum absolute atomic E-state index is 12.5. The van der Waals surface area contributed by atoms with E-state index >= 15 is 0 Å². The summed E-state index contributed by atoms with van der Waals surface area (Å²) < 4.78 is 9.57. The molecule has 1 amide bonds. The highest BCUT2D eigenvalue weighted by Gasteiger charge is 2.43. The lowest BCUT2D eigenvalue weighted by molar-refractivity contribution is 0.0757. The van der Waals surface area contributed by atoms with Gasteiger partial charge in [0.1, 0.15) is 12.3 Å². The molecular weight excluding hydrogens is 502 g/mol. The molecule has 2 aliphatic heterocycles. The molecule has 1 spiro atoms. The van der Waals surface area contributed by atoms with Crippen molar-refractivity contribution in [3.05, 3.63) is 137 Å². The van der Waals surface area contributed by atoms with E-state index in [4.69, 9.17) is 4.74 Å². The van der Waals surface area contributed by atoms with Crippen LogP contribution in [0.2, 0.25) is 0 Å². The summed E-state index contributed by atoms with van der Waals surface area (Å²) >= 11 is 0. The van der Waals surface area contributed by atoms with E-state index in [-0.39, 0.29) is 17.1 Å².